The average Bonchev–Trinajstić information content (AvgIpc) is 3.71. The smallest absolute Gasteiger partial charge is 0.407 e. The third-order valence-corrected chi connectivity index (χ3v) is 10.7. The summed E-state index contributed by atoms with van der Waals surface area (Å²) in [6.07, 6.45) is 1.40. The summed E-state index contributed by atoms with van der Waals surface area (Å²) in [7, 11) is -2.43. The van der Waals surface area contributed by atoms with E-state index in [0.717, 1.165) is 25.0 Å². The topological polar surface area (TPSA) is 124 Å². The molecule has 43 heavy (non-hydrogen) atoms. The summed E-state index contributed by atoms with van der Waals surface area (Å²) >= 11 is 0. The maximum absolute atomic E-state index is 13.7. The van der Waals surface area contributed by atoms with Gasteiger partial charge in [0.1, 0.15) is 11.9 Å². The lowest BCUT2D eigenvalue weighted by Gasteiger charge is -2.31. The van der Waals surface area contributed by atoms with Crippen molar-refractivity contribution in [2.75, 3.05) is 33.4 Å². The van der Waals surface area contributed by atoms with Crippen LogP contribution in [0, 0.1) is 11.8 Å². The minimum absolute atomic E-state index is 0.00176. The first-order valence-electron chi connectivity index (χ1n) is 15.2. The van der Waals surface area contributed by atoms with Crippen molar-refractivity contribution in [2.45, 2.75) is 80.8 Å². The van der Waals surface area contributed by atoms with Crippen molar-refractivity contribution in [1.82, 2.24) is 9.62 Å². The number of aliphatic hydroxyl groups excluding tert-OH is 1. The van der Waals surface area contributed by atoms with Crippen LogP contribution in [0.15, 0.2) is 59.5 Å². The van der Waals surface area contributed by atoms with Crippen LogP contribution in [0.2, 0.25) is 0 Å². The van der Waals surface area contributed by atoms with Gasteiger partial charge in [0.05, 0.1) is 42.5 Å². The van der Waals surface area contributed by atoms with Gasteiger partial charge in [0.15, 0.2) is 0 Å². The van der Waals surface area contributed by atoms with Crippen LogP contribution in [0.4, 0.5) is 4.79 Å². The fourth-order valence-corrected chi connectivity index (χ4v) is 8.29. The van der Waals surface area contributed by atoms with Crippen molar-refractivity contribution in [1.29, 1.82) is 0 Å². The van der Waals surface area contributed by atoms with E-state index in [1.807, 2.05) is 44.2 Å². The number of fused-ring (bicyclic) bond motifs is 2. The van der Waals surface area contributed by atoms with E-state index < -0.39 is 28.3 Å². The molecule has 5 rings (SSSR count). The van der Waals surface area contributed by atoms with E-state index in [9.17, 15) is 18.3 Å². The molecule has 1 saturated carbocycles. The number of carbonyl (C=O) groups excluding carboxylic acids is 1. The molecule has 1 aliphatic carbocycles. The molecule has 236 valence electrons. The Balaban J connectivity index is 1.29. The molecule has 1 spiro atoms. The van der Waals surface area contributed by atoms with E-state index >= 15 is 0 Å². The molecule has 11 heteroatoms. The van der Waals surface area contributed by atoms with Gasteiger partial charge in [-0.1, -0.05) is 44.2 Å². The summed E-state index contributed by atoms with van der Waals surface area (Å²) in [6, 6.07) is 14.8. The van der Waals surface area contributed by atoms with Gasteiger partial charge in [-0.25, -0.2) is 13.2 Å². The van der Waals surface area contributed by atoms with Gasteiger partial charge in [-0.3, -0.25) is 0 Å². The molecule has 10 nitrogen and oxygen atoms in total. The largest absolute Gasteiger partial charge is 0.497 e. The predicted molar refractivity (Wildman–Crippen MR) is 160 cm³/mol. The Morgan fingerprint density at radius 2 is 1.86 bits per heavy atom. The quantitative estimate of drug-likeness (QED) is 0.370. The number of alkyl carbamates (subject to hydrolysis) is 1. The molecule has 0 radical (unpaired) electrons. The van der Waals surface area contributed by atoms with Gasteiger partial charge in [-0.15, -0.1) is 0 Å². The molecular weight excluding hydrogens is 572 g/mol. The summed E-state index contributed by atoms with van der Waals surface area (Å²) in [6.45, 7) is 5.16. The van der Waals surface area contributed by atoms with Crippen molar-refractivity contribution < 1.29 is 37.3 Å². The summed E-state index contributed by atoms with van der Waals surface area (Å²) in [5.74, 6) is 0.747. The molecule has 2 aromatic rings. The highest BCUT2D eigenvalue weighted by molar-refractivity contribution is 7.89. The van der Waals surface area contributed by atoms with Gasteiger partial charge in [0, 0.05) is 32.0 Å². The molecule has 2 N–H and O–H groups in total. The summed E-state index contributed by atoms with van der Waals surface area (Å²) < 4.78 is 51.8. The number of rotatable bonds is 12. The van der Waals surface area contributed by atoms with Gasteiger partial charge in [-0.2, -0.15) is 4.31 Å². The number of carbonyl (C=O) groups is 1. The second-order valence-electron chi connectivity index (χ2n) is 12.4. The van der Waals surface area contributed by atoms with Gasteiger partial charge in [-0.05, 0) is 61.4 Å². The van der Waals surface area contributed by atoms with Gasteiger partial charge < -0.3 is 29.4 Å². The number of methoxy groups -OCH3 is 1. The molecule has 1 amide bonds. The molecule has 2 heterocycles. The zero-order valence-electron chi connectivity index (χ0n) is 25.2. The van der Waals surface area contributed by atoms with Gasteiger partial charge >= 0.3 is 6.09 Å². The van der Waals surface area contributed by atoms with Crippen LogP contribution in [0.25, 0.3) is 0 Å². The lowest BCUT2D eigenvalue weighted by atomic mass is 9.85. The maximum Gasteiger partial charge on any atom is 0.407 e. The number of aliphatic hydroxyl groups is 1. The third-order valence-electron chi connectivity index (χ3n) is 8.81. The number of hydrogen-bond acceptors (Lipinski definition) is 8. The van der Waals surface area contributed by atoms with Crippen molar-refractivity contribution in [2.24, 2.45) is 11.8 Å². The lowest BCUT2D eigenvalue weighted by molar-refractivity contribution is -0.0371. The van der Waals surface area contributed by atoms with Crippen molar-refractivity contribution >= 4 is 16.1 Å². The Morgan fingerprint density at radius 1 is 1.12 bits per heavy atom. The van der Waals surface area contributed by atoms with Crippen LogP contribution in [0.5, 0.6) is 5.75 Å². The summed E-state index contributed by atoms with van der Waals surface area (Å²) in [5, 5.41) is 14.4. The molecule has 3 aliphatic rings. The fraction of sp³-hybridized carbons (Fsp3) is 0.594. The molecule has 0 unspecified atom stereocenters. The van der Waals surface area contributed by atoms with Crippen LogP contribution < -0.4 is 10.1 Å². The van der Waals surface area contributed by atoms with Crippen molar-refractivity contribution in [3.8, 4) is 5.75 Å². The zero-order valence-corrected chi connectivity index (χ0v) is 26.0. The molecule has 2 saturated heterocycles. The van der Waals surface area contributed by atoms with Crippen molar-refractivity contribution in [3.63, 3.8) is 0 Å². The lowest BCUT2D eigenvalue weighted by Crippen LogP contribution is -2.51. The second kappa shape index (κ2) is 13.5. The fourth-order valence-electron chi connectivity index (χ4n) is 6.67. The van der Waals surface area contributed by atoms with Crippen LogP contribution in [0.1, 0.15) is 45.1 Å². The molecule has 0 aromatic heterocycles. The zero-order chi connectivity index (χ0) is 30.6. The molecule has 2 aromatic carbocycles. The highest BCUT2D eigenvalue weighted by Crippen LogP contribution is 2.49. The molecule has 3 fully saturated rings. The van der Waals surface area contributed by atoms with Crippen molar-refractivity contribution in [3.05, 3.63) is 60.2 Å². The Kier molecular flexibility index (Phi) is 9.97. The summed E-state index contributed by atoms with van der Waals surface area (Å²) in [4.78, 5) is 13.3. The molecule has 0 bridgehead atoms. The Bertz CT molecular complexity index is 1310. The maximum atomic E-state index is 13.7. The Hall–Kier alpha value is -2.70. The first kappa shape index (κ1) is 31.7. The molecule has 2 aliphatic heterocycles. The monoisotopic (exact) mass is 616 g/mol. The first-order chi connectivity index (χ1) is 20.6. The number of ether oxygens (including phenoxy) is 4. The number of benzene rings is 2. The molecule has 6 atom stereocenters. The summed E-state index contributed by atoms with van der Waals surface area (Å²) in [5.41, 5.74) is 0.630. The second-order valence-corrected chi connectivity index (χ2v) is 14.3. The normalized spacial score (nSPS) is 26.5. The number of nitrogens with zero attached hydrogens (tertiary/aromatic N) is 1. The SMILES string of the molecule is COc1ccc(S(=O)(=O)N(CC(C)C)C[C@@H](O)[C@H](Cc2ccccc2)NC(=O)O[C@H]2C[C@H]3OC[C@]4(CCCO4)[C@H]3C2)cc1. The number of sulfonamides is 1. The van der Waals surface area contributed by atoms with E-state index in [4.69, 9.17) is 18.9 Å². The highest BCUT2D eigenvalue weighted by atomic mass is 32.2. The predicted octanol–water partition coefficient (Wildman–Crippen LogP) is 3.77. The number of amides is 1. The average molecular weight is 617 g/mol. The van der Waals surface area contributed by atoms with Crippen LogP contribution in [-0.2, 0) is 30.7 Å². The first-order valence-corrected chi connectivity index (χ1v) is 16.6. The number of hydrogen-bond donors (Lipinski definition) is 2. The van der Waals surface area contributed by atoms with Crippen LogP contribution in [-0.4, -0.2) is 87.3 Å². The van der Waals surface area contributed by atoms with E-state index in [1.165, 1.54) is 23.5 Å². The van der Waals surface area contributed by atoms with E-state index in [1.54, 1.807) is 12.1 Å². The minimum Gasteiger partial charge on any atom is -0.497 e. The van der Waals surface area contributed by atoms with Gasteiger partial charge in [0.25, 0.3) is 0 Å². The minimum atomic E-state index is -3.94. The van der Waals surface area contributed by atoms with Crippen LogP contribution >= 0.6 is 0 Å². The van der Waals surface area contributed by atoms with Gasteiger partial charge in [0.2, 0.25) is 10.0 Å². The third kappa shape index (κ3) is 7.34. The van der Waals surface area contributed by atoms with E-state index in [2.05, 4.69) is 5.32 Å². The van der Waals surface area contributed by atoms with Crippen LogP contribution in [0.3, 0.4) is 0 Å². The Morgan fingerprint density at radius 3 is 2.51 bits per heavy atom. The standard InChI is InChI=1S/C32H44N2O8S/c1-22(2)19-34(43(37,38)26-12-10-24(39-3)11-13-26)20-29(35)28(16-23-8-5-4-6-9-23)33-31(36)42-25-17-27-30(18-25)40-21-32(27)14-7-15-41-32/h4-6,8-13,22,25,27-30,35H,7,14-21H2,1-3H3,(H,33,36)/t25-,27+,28+,29-,30-,32-/m1/s1. The molecular formula is C32H44N2O8S. The Labute approximate surface area is 254 Å². The van der Waals surface area contributed by atoms with E-state index in [0.29, 0.717) is 31.6 Å². The highest BCUT2D eigenvalue weighted by Gasteiger charge is 2.57. The number of nitrogens with one attached hydrogen (secondary N) is 1. The van der Waals surface area contributed by atoms with E-state index in [-0.39, 0.29) is 47.6 Å².